The van der Waals surface area contributed by atoms with Gasteiger partial charge in [-0.2, -0.15) is 0 Å². The van der Waals surface area contributed by atoms with Gasteiger partial charge in [0.25, 0.3) is 11.8 Å². The van der Waals surface area contributed by atoms with Crippen LogP contribution in [0.5, 0.6) is 23.0 Å². The fourth-order valence-corrected chi connectivity index (χ4v) is 6.88. The Morgan fingerprint density at radius 1 is 0.745 bits per heavy atom. The molecule has 254 valence electrons. The molecule has 0 bridgehead atoms. The summed E-state index contributed by atoms with van der Waals surface area (Å²) in [7, 11) is 3.07. The van der Waals surface area contributed by atoms with Gasteiger partial charge in [-0.3, -0.25) is 14.4 Å². The van der Waals surface area contributed by atoms with Gasteiger partial charge in [-0.05, 0) is 74.3 Å². The molecule has 47 heavy (non-hydrogen) atoms. The van der Waals surface area contributed by atoms with Crippen molar-refractivity contribution in [2.75, 3.05) is 58.5 Å². The van der Waals surface area contributed by atoms with Gasteiger partial charge < -0.3 is 45.0 Å². The lowest BCUT2D eigenvalue weighted by Gasteiger charge is -2.25. The van der Waals surface area contributed by atoms with E-state index in [2.05, 4.69) is 0 Å². The van der Waals surface area contributed by atoms with Gasteiger partial charge in [-0.25, -0.2) is 0 Å². The largest absolute Gasteiger partial charge is 0.493 e. The van der Waals surface area contributed by atoms with Crippen molar-refractivity contribution in [3.8, 4) is 23.0 Å². The summed E-state index contributed by atoms with van der Waals surface area (Å²) in [5.41, 5.74) is 14.4. The highest BCUT2D eigenvalue weighted by Crippen LogP contribution is 2.55. The number of nitrogens with two attached hydrogens (primary N) is 2. The molecule has 4 fully saturated rings. The monoisotopic (exact) mass is 650 g/mol. The van der Waals surface area contributed by atoms with Crippen LogP contribution in [-0.4, -0.2) is 80.9 Å². The molecule has 0 radical (unpaired) electrons. The molecular weight excluding hydrogens is 604 g/mol. The number of rotatable bonds is 13. The number of hydrogen-bond donors (Lipinski definition) is 2. The molecule has 2 aromatic carbocycles. The van der Waals surface area contributed by atoms with E-state index in [1.807, 2.05) is 4.90 Å². The van der Waals surface area contributed by atoms with E-state index in [1.54, 1.807) is 36.3 Å². The van der Waals surface area contributed by atoms with Gasteiger partial charge in [0, 0.05) is 56.5 Å². The van der Waals surface area contributed by atoms with Crippen molar-refractivity contribution in [2.24, 2.45) is 10.8 Å². The summed E-state index contributed by atoms with van der Waals surface area (Å²) in [6.07, 6.45) is 7.90. The van der Waals surface area contributed by atoms with Crippen molar-refractivity contribution in [1.82, 2.24) is 9.80 Å². The predicted molar refractivity (Wildman–Crippen MR) is 175 cm³/mol. The van der Waals surface area contributed by atoms with E-state index >= 15 is 0 Å². The highest BCUT2D eigenvalue weighted by Gasteiger charge is 2.55. The van der Waals surface area contributed by atoms with Gasteiger partial charge in [0.1, 0.15) is 0 Å². The number of carbonyl (C=O) groups is 3. The van der Waals surface area contributed by atoms with Crippen LogP contribution < -0.4 is 30.4 Å². The molecule has 1 atom stereocenters. The molecule has 12 nitrogen and oxygen atoms in total. The lowest BCUT2D eigenvalue weighted by atomic mass is 10.1. The van der Waals surface area contributed by atoms with Crippen LogP contribution in [0.15, 0.2) is 24.3 Å². The average Bonchev–Trinajstić information content (AvgIpc) is 3.90. The van der Waals surface area contributed by atoms with Gasteiger partial charge in [0.2, 0.25) is 0 Å². The van der Waals surface area contributed by atoms with E-state index < -0.39 is 12.2 Å². The maximum absolute atomic E-state index is 13.5. The predicted octanol–water partition coefficient (Wildman–Crippen LogP) is 4.64. The van der Waals surface area contributed by atoms with Crippen LogP contribution in [0.25, 0.3) is 0 Å². The first kappa shape index (κ1) is 32.6. The van der Waals surface area contributed by atoms with E-state index in [-0.39, 0.29) is 28.5 Å². The first-order chi connectivity index (χ1) is 22.6. The maximum atomic E-state index is 13.5. The molecule has 2 saturated carbocycles. The van der Waals surface area contributed by atoms with Gasteiger partial charge in [-0.1, -0.05) is 0 Å². The molecular formula is C35H46N4O8. The van der Waals surface area contributed by atoms with Crippen molar-refractivity contribution in [1.29, 1.82) is 0 Å². The number of ether oxygens (including phenoxy) is 5. The Morgan fingerprint density at radius 3 is 1.79 bits per heavy atom. The van der Waals surface area contributed by atoms with Crippen molar-refractivity contribution in [3.05, 3.63) is 35.4 Å². The third-order valence-electron chi connectivity index (χ3n) is 10.1. The fourth-order valence-electron chi connectivity index (χ4n) is 6.88. The number of carbonyl (C=O) groups excluding carboxylic acids is 3. The molecule has 2 saturated heterocycles. The highest BCUT2D eigenvalue weighted by molar-refractivity contribution is 6.01. The number of amides is 2. The molecule has 2 spiro atoms. The number of anilines is 2. The van der Waals surface area contributed by atoms with Gasteiger partial charge >= 0.3 is 5.97 Å². The molecule has 2 aromatic rings. The van der Waals surface area contributed by atoms with Gasteiger partial charge in [-0.15, -0.1) is 0 Å². The molecule has 0 unspecified atom stereocenters. The van der Waals surface area contributed by atoms with Crippen LogP contribution in [0.1, 0.15) is 85.4 Å². The van der Waals surface area contributed by atoms with Crippen LogP contribution >= 0.6 is 0 Å². The zero-order chi connectivity index (χ0) is 33.3. The maximum Gasteiger partial charge on any atom is 0.304 e. The molecule has 2 aliphatic carbocycles. The average molecular weight is 651 g/mol. The Balaban J connectivity index is 0.975. The number of benzene rings is 2. The standard InChI is InChI=1S/C35H46N4O8/c1-22(40)47-31-19-35(9-10-35)21-39(31)33(42)24-16-28(44-3)30(18-26(24)37)46-14-6-4-5-13-45-29-17-25(36)23(15-27(29)43-2)32(41)38-12-11-34(20-38)7-8-34/h15-18,31H,4-14,19-21,36-37H2,1-3H3/t31-/m1/s1. The fraction of sp³-hybridized carbons (Fsp3) is 0.571. The smallest absolute Gasteiger partial charge is 0.304 e. The minimum absolute atomic E-state index is 0.0415. The number of methoxy groups -OCH3 is 2. The summed E-state index contributed by atoms with van der Waals surface area (Å²) >= 11 is 0. The minimum Gasteiger partial charge on any atom is -0.493 e. The topological polar surface area (TPSA) is 156 Å². The lowest BCUT2D eigenvalue weighted by Crippen LogP contribution is -2.38. The van der Waals surface area contributed by atoms with E-state index in [0.717, 1.165) is 51.6 Å². The summed E-state index contributed by atoms with van der Waals surface area (Å²) in [6, 6.07) is 6.56. The second-order valence-corrected chi connectivity index (χ2v) is 13.6. The number of unbranched alkanes of at least 4 members (excludes halogenated alkanes) is 2. The molecule has 6 rings (SSSR count). The van der Waals surface area contributed by atoms with E-state index in [9.17, 15) is 14.4 Å². The second-order valence-electron chi connectivity index (χ2n) is 13.6. The first-order valence-corrected chi connectivity index (χ1v) is 16.5. The number of nitrogen functional groups attached to an aromatic ring is 2. The molecule has 12 heteroatoms. The normalized spacial score (nSPS) is 19.9. The van der Waals surface area contributed by atoms with Crippen molar-refractivity contribution in [2.45, 2.75) is 70.9 Å². The number of esters is 1. The summed E-state index contributed by atoms with van der Waals surface area (Å²) in [5, 5.41) is 0. The molecule has 2 aliphatic heterocycles. The Morgan fingerprint density at radius 2 is 1.30 bits per heavy atom. The van der Waals surface area contributed by atoms with Crippen molar-refractivity contribution in [3.63, 3.8) is 0 Å². The Hall–Kier alpha value is -4.35. The number of likely N-dealkylation sites (tertiary alicyclic amines) is 2. The molecule has 0 aromatic heterocycles. The highest BCUT2D eigenvalue weighted by atomic mass is 16.6. The number of hydrogen-bond acceptors (Lipinski definition) is 10. The molecule has 4 aliphatic rings. The third kappa shape index (κ3) is 7.01. The Labute approximate surface area is 275 Å². The van der Waals surface area contributed by atoms with Crippen molar-refractivity contribution >= 4 is 29.2 Å². The molecule has 4 N–H and O–H groups in total. The molecule has 2 heterocycles. The number of nitrogens with zero attached hydrogens (tertiary/aromatic N) is 2. The van der Waals surface area contributed by atoms with E-state index in [1.165, 1.54) is 26.9 Å². The van der Waals surface area contributed by atoms with Crippen LogP contribution in [-0.2, 0) is 9.53 Å². The second kappa shape index (κ2) is 13.0. The summed E-state index contributed by atoms with van der Waals surface area (Å²) in [5.74, 6) is 1.08. The Kier molecular flexibility index (Phi) is 9.04. The summed E-state index contributed by atoms with van der Waals surface area (Å²) < 4.78 is 28.5. The van der Waals surface area contributed by atoms with Gasteiger partial charge in [0.15, 0.2) is 29.2 Å². The van der Waals surface area contributed by atoms with Crippen LogP contribution in [0.3, 0.4) is 0 Å². The van der Waals surface area contributed by atoms with Gasteiger partial charge in [0.05, 0.1) is 38.6 Å². The molecule has 2 amide bonds. The van der Waals surface area contributed by atoms with Crippen LogP contribution in [0.4, 0.5) is 11.4 Å². The van der Waals surface area contributed by atoms with Crippen LogP contribution in [0.2, 0.25) is 0 Å². The van der Waals surface area contributed by atoms with E-state index in [0.29, 0.717) is 65.8 Å². The Bertz CT molecular complexity index is 1540. The quantitative estimate of drug-likeness (QED) is 0.178. The lowest BCUT2D eigenvalue weighted by molar-refractivity contribution is -0.151. The van der Waals surface area contributed by atoms with E-state index in [4.69, 9.17) is 35.2 Å². The third-order valence-corrected chi connectivity index (χ3v) is 10.1. The minimum atomic E-state index is -0.593. The van der Waals surface area contributed by atoms with Crippen LogP contribution in [0, 0.1) is 10.8 Å². The zero-order valence-electron chi connectivity index (χ0n) is 27.6. The van der Waals surface area contributed by atoms with Crippen molar-refractivity contribution < 1.29 is 38.1 Å². The summed E-state index contributed by atoms with van der Waals surface area (Å²) in [6.45, 7) is 4.32. The summed E-state index contributed by atoms with van der Waals surface area (Å²) in [4.78, 5) is 41.8. The zero-order valence-corrected chi connectivity index (χ0v) is 27.6. The SMILES string of the molecule is COc1cc(C(=O)N2CCC3(CC3)C2)c(N)cc1OCCCCCOc1cc(N)c(C(=O)N2CC3(CC3)C[C@H]2OC(C)=O)cc1OC. The first-order valence-electron chi connectivity index (χ1n) is 16.5.